The van der Waals surface area contributed by atoms with Crippen LogP contribution in [-0.4, -0.2) is 10.2 Å². The molecule has 0 fully saturated rings. The van der Waals surface area contributed by atoms with E-state index in [2.05, 4.69) is 46.6 Å². The Morgan fingerprint density at radius 1 is 0.739 bits per heavy atom. The smallest absolute Gasteiger partial charge is 0.0999 e. The SMILES string of the molecule is N#Cc1ccc(-c2ccc(-c3n[nH]c4ccccc34)cc2)cc1. The van der Waals surface area contributed by atoms with Crippen LogP contribution in [0, 0.1) is 11.3 Å². The van der Waals surface area contributed by atoms with Crippen molar-refractivity contribution in [3.63, 3.8) is 0 Å². The maximum atomic E-state index is 8.87. The number of H-pyrrole nitrogens is 1. The maximum Gasteiger partial charge on any atom is 0.0999 e. The maximum absolute atomic E-state index is 8.87. The molecule has 0 radical (unpaired) electrons. The molecule has 23 heavy (non-hydrogen) atoms. The molecule has 0 saturated carbocycles. The van der Waals surface area contributed by atoms with Crippen LogP contribution in [-0.2, 0) is 0 Å². The van der Waals surface area contributed by atoms with E-state index in [0.29, 0.717) is 5.56 Å². The molecule has 1 heterocycles. The minimum absolute atomic E-state index is 0.674. The Labute approximate surface area is 133 Å². The summed E-state index contributed by atoms with van der Waals surface area (Å²) in [6.07, 6.45) is 0. The van der Waals surface area contributed by atoms with Crippen molar-refractivity contribution >= 4 is 10.9 Å². The molecule has 4 aromatic rings. The molecule has 0 saturated heterocycles. The van der Waals surface area contributed by atoms with Gasteiger partial charge < -0.3 is 0 Å². The zero-order valence-electron chi connectivity index (χ0n) is 12.3. The average Bonchev–Trinajstić information content (AvgIpc) is 3.06. The van der Waals surface area contributed by atoms with Crippen molar-refractivity contribution in [2.75, 3.05) is 0 Å². The first kappa shape index (κ1) is 13.3. The fourth-order valence-corrected chi connectivity index (χ4v) is 2.74. The Hall–Kier alpha value is -3.38. The van der Waals surface area contributed by atoms with Crippen molar-refractivity contribution in [3.05, 3.63) is 78.4 Å². The lowest BCUT2D eigenvalue weighted by atomic mass is 10.0. The van der Waals surface area contributed by atoms with E-state index < -0.39 is 0 Å². The van der Waals surface area contributed by atoms with E-state index in [0.717, 1.165) is 33.3 Å². The van der Waals surface area contributed by atoms with Gasteiger partial charge in [-0.1, -0.05) is 54.6 Å². The van der Waals surface area contributed by atoms with E-state index in [1.54, 1.807) is 0 Å². The Bertz CT molecular complexity index is 1000. The summed E-state index contributed by atoms with van der Waals surface area (Å²) in [7, 11) is 0. The number of nitrogens with zero attached hydrogens (tertiary/aromatic N) is 2. The number of rotatable bonds is 2. The topological polar surface area (TPSA) is 52.5 Å². The van der Waals surface area contributed by atoms with Crippen LogP contribution in [0.3, 0.4) is 0 Å². The summed E-state index contributed by atoms with van der Waals surface area (Å²) in [5, 5.41) is 17.5. The van der Waals surface area contributed by atoms with Gasteiger partial charge in [0.05, 0.1) is 22.8 Å². The summed E-state index contributed by atoms with van der Waals surface area (Å²) < 4.78 is 0. The second-order valence-electron chi connectivity index (χ2n) is 5.38. The third kappa shape index (κ3) is 2.37. The predicted molar refractivity (Wildman–Crippen MR) is 91.7 cm³/mol. The Morgan fingerprint density at radius 3 is 2.04 bits per heavy atom. The van der Waals surface area contributed by atoms with Crippen molar-refractivity contribution < 1.29 is 0 Å². The van der Waals surface area contributed by atoms with E-state index in [-0.39, 0.29) is 0 Å². The number of nitrogens with one attached hydrogen (secondary N) is 1. The largest absolute Gasteiger partial charge is 0.277 e. The molecule has 108 valence electrons. The molecule has 4 rings (SSSR count). The van der Waals surface area contributed by atoms with Crippen LogP contribution in [0.1, 0.15) is 5.56 Å². The molecule has 3 nitrogen and oxygen atoms in total. The van der Waals surface area contributed by atoms with Crippen LogP contribution in [0.5, 0.6) is 0 Å². The molecular weight excluding hydrogens is 282 g/mol. The van der Waals surface area contributed by atoms with E-state index in [1.165, 1.54) is 0 Å². The molecule has 0 aliphatic heterocycles. The highest BCUT2D eigenvalue weighted by Crippen LogP contribution is 2.28. The van der Waals surface area contributed by atoms with E-state index in [1.807, 2.05) is 42.5 Å². The van der Waals surface area contributed by atoms with Gasteiger partial charge in [0.15, 0.2) is 0 Å². The number of hydrogen-bond acceptors (Lipinski definition) is 2. The van der Waals surface area contributed by atoms with Gasteiger partial charge in [-0.15, -0.1) is 0 Å². The van der Waals surface area contributed by atoms with Gasteiger partial charge in [0, 0.05) is 10.9 Å². The average molecular weight is 295 g/mol. The monoisotopic (exact) mass is 295 g/mol. The van der Waals surface area contributed by atoms with Gasteiger partial charge in [0.25, 0.3) is 0 Å². The van der Waals surface area contributed by atoms with Crippen molar-refractivity contribution in [2.24, 2.45) is 0 Å². The second kappa shape index (κ2) is 5.43. The lowest BCUT2D eigenvalue weighted by Crippen LogP contribution is -1.82. The van der Waals surface area contributed by atoms with Gasteiger partial charge in [-0.3, -0.25) is 5.10 Å². The molecule has 0 aliphatic rings. The number of benzene rings is 3. The van der Waals surface area contributed by atoms with E-state index in [9.17, 15) is 0 Å². The third-order valence-electron chi connectivity index (χ3n) is 3.98. The quantitative estimate of drug-likeness (QED) is 0.579. The number of para-hydroxylation sites is 1. The number of nitriles is 1. The van der Waals surface area contributed by atoms with Gasteiger partial charge in [0.2, 0.25) is 0 Å². The summed E-state index contributed by atoms with van der Waals surface area (Å²) in [5.74, 6) is 0. The molecule has 3 heteroatoms. The minimum Gasteiger partial charge on any atom is -0.277 e. The molecule has 0 aliphatic carbocycles. The van der Waals surface area contributed by atoms with Gasteiger partial charge in [0.1, 0.15) is 0 Å². The van der Waals surface area contributed by atoms with Gasteiger partial charge in [-0.25, -0.2) is 0 Å². The number of fused-ring (bicyclic) bond motifs is 1. The molecule has 0 bridgehead atoms. The molecule has 0 spiro atoms. The second-order valence-corrected chi connectivity index (χ2v) is 5.38. The predicted octanol–water partition coefficient (Wildman–Crippen LogP) is 4.77. The summed E-state index contributed by atoms with van der Waals surface area (Å²) in [5.41, 5.74) is 5.99. The molecule has 0 atom stereocenters. The van der Waals surface area contributed by atoms with E-state index in [4.69, 9.17) is 5.26 Å². The fourth-order valence-electron chi connectivity index (χ4n) is 2.74. The highest BCUT2D eigenvalue weighted by Gasteiger charge is 2.07. The van der Waals surface area contributed by atoms with E-state index >= 15 is 0 Å². The third-order valence-corrected chi connectivity index (χ3v) is 3.98. The Kier molecular flexibility index (Phi) is 3.14. The van der Waals surface area contributed by atoms with Crippen LogP contribution in [0.4, 0.5) is 0 Å². The molecule has 3 aromatic carbocycles. The normalized spacial score (nSPS) is 10.6. The summed E-state index contributed by atoms with van der Waals surface area (Å²) in [6, 6.07) is 26.2. The van der Waals surface area contributed by atoms with Crippen LogP contribution in [0.2, 0.25) is 0 Å². The highest BCUT2D eigenvalue weighted by atomic mass is 15.1. The summed E-state index contributed by atoms with van der Waals surface area (Å²) in [4.78, 5) is 0. The first-order valence-electron chi connectivity index (χ1n) is 7.39. The minimum atomic E-state index is 0.674. The zero-order valence-corrected chi connectivity index (χ0v) is 12.3. The number of aromatic amines is 1. The first-order chi connectivity index (χ1) is 11.3. The van der Waals surface area contributed by atoms with Crippen molar-refractivity contribution in [1.29, 1.82) is 5.26 Å². The Balaban J connectivity index is 1.71. The molecule has 1 N–H and O–H groups in total. The standard InChI is InChI=1S/C20H13N3/c21-13-14-5-7-15(8-6-14)16-9-11-17(12-10-16)20-18-3-1-2-4-19(18)22-23-20/h1-12H,(H,22,23). The van der Waals surface area contributed by atoms with Crippen molar-refractivity contribution in [2.45, 2.75) is 0 Å². The summed E-state index contributed by atoms with van der Waals surface area (Å²) >= 11 is 0. The fraction of sp³-hybridized carbons (Fsp3) is 0. The lowest BCUT2D eigenvalue weighted by Gasteiger charge is -2.04. The highest BCUT2D eigenvalue weighted by molar-refractivity contribution is 5.93. The van der Waals surface area contributed by atoms with Gasteiger partial charge in [-0.05, 0) is 29.3 Å². The van der Waals surface area contributed by atoms with Crippen molar-refractivity contribution in [1.82, 2.24) is 10.2 Å². The summed E-state index contributed by atoms with van der Waals surface area (Å²) in [6.45, 7) is 0. The first-order valence-corrected chi connectivity index (χ1v) is 7.39. The van der Waals surface area contributed by atoms with Crippen molar-refractivity contribution in [3.8, 4) is 28.5 Å². The molecular formula is C20H13N3. The van der Waals surface area contributed by atoms with Gasteiger partial charge >= 0.3 is 0 Å². The molecule has 0 unspecified atom stereocenters. The van der Waals surface area contributed by atoms with Gasteiger partial charge in [-0.2, -0.15) is 10.4 Å². The Morgan fingerprint density at radius 2 is 1.35 bits per heavy atom. The zero-order chi connectivity index (χ0) is 15.6. The van der Waals surface area contributed by atoms with Crippen LogP contribution in [0.15, 0.2) is 72.8 Å². The molecule has 1 aromatic heterocycles. The number of hydrogen-bond donors (Lipinski definition) is 1. The van der Waals surface area contributed by atoms with Crippen LogP contribution in [0.25, 0.3) is 33.3 Å². The van der Waals surface area contributed by atoms with Crippen LogP contribution < -0.4 is 0 Å². The molecule has 0 amide bonds. The van der Waals surface area contributed by atoms with Crippen LogP contribution >= 0.6 is 0 Å². The lowest BCUT2D eigenvalue weighted by molar-refractivity contribution is 1.12. The number of aromatic nitrogens is 2.